The number of nitrogens with two attached hydrogens (primary N) is 1. The highest BCUT2D eigenvalue weighted by Crippen LogP contribution is 2.16. The molecule has 1 heterocycles. The quantitative estimate of drug-likeness (QED) is 0.866. The van der Waals surface area contributed by atoms with Crippen molar-refractivity contribution < 1.29 is 13.2 Å². The average molecular weight is 335 g/mol. The van der Waals surface area contributed by atoms with Gasteiger partial charge in [0.15, 0.2) is 0 Å². The van der Waals surface area contributed by atoms with Gasteiger partial charge in [0.2, 0.25) is 0 Å². The molecule has 0 unspecified atom stereocenters. The van der Waals surface area contributed by atoms with Crippen molar-refractivity contribution >= 4 is 15.9 Å². The molecule has 7 heteroatoms. The number of hydrogen-bond donors (Lipinski definition) is 2. The van der Waals surface area contributed by atoms with Gasteiger partial charge in [0, 0.05) is 24.5 Å². The van der Waals surface area contributed by atoms with Crippen LogP contribution < -0.4 is 11.1 Å². The molecule has 2 rings (SSSR count). The second kappa shape index (κ2) is 6.17. The standard InChI is InChI=1S/C16H21N3O3S/c1-12-4-6-14(7-5-12)23(21,22)19-9-8-13(10-19)15(20)18-11-16(2,3)17/h4-10H,11,17H2,1-3H3,(H,18,20). The highest BCUT2D eigenvalue weighted by atomic mass is 32.2. The minimum Gasteiger partial charge on any atom is -0.350 e. The van der Waals surface area contributed by atoms with Gasteiger partial charge in [-0.1, -0.05) is 17.7 Å². The van der Waals surface area contributed by atoms with Crippen molar-refractivity contribution in [2.75, 3.05) is 6.54 Å². The Labute approximate surface area is 136 Å². The first kappa shape index (κ1) is 17.2. The Kier molecular flexibility index (Phi) is 4.63. The van der Waals surface area contributed by atoms with E-state index in [9.17, 15) is 13.2 Å². The number of amides is 1. The second-order valence-corrected chi connectivity index (χ2v) is 8.06. The summed E-state index contributed by atoms with van der Waals surface area (Å²) < 4.78 is 26.1. The van der Waals surface area contributed by atoms with E-state index in [1.54, 1.807) is 38.1 Å². The number of hydrogen-bond acceptors (Lipinski definition) is 4. The van der Waals surface area contributed by atoms with Crippen LogP contribution in [-0.4, -0.2) is 30.4 Å². The van der Waals surface area contributed by atoms with Crippen LogP contribution in [0.15, 0.2) is 47.6 Å². The van der Waals surface area contributed by atoms with E-state index in [1.165, 1.54) is 18.5 Å². The third kappa shape index (κ3) is 4.20. The third-order valence-corrected chi connectivity index (χ3v) is 4.88. The van der Waals surface area contributed by atoms with Crippen molar-refractivity contribution in [2.45, 2.75) is 31.2 Å². The van der Waals surface area contributed by atoms with E-state index >= 15 is 0 Å². The number of benzene rings is 1. The number of nitrogens with zero attached hydrogens (tertiary/aromatic N) is 1. The van der Waals surface area contributed by atoms with Crippen molar-refractivity contribution in [2.24, 2.45) is 5.73 Å². The molecule has 23 heavy (non-hydrogen) atoms. The van der Waals surface area contributed by atoms with Crippen LogP contribution >= 0.6 is 0 Å². The van der Waals surface area contributed by atoms with Crippen molar-refractivity contribution in [3.05, 3.63) is 53.9 Å². The first-order valence-electron chi connectivity index (χ1n) is 7.17. The second-order valence-electron chi connectivity index (χ2n) is 6.22. The summed E-state index contributed by atoms with van der Waals surface area (Å²) in [6.07, 6.45) is 2.66. The van der Waals surface area contributed by atoms with Crippen molar-refractivity contribution in [3.8, 4) is 0 Å². The molecule has 0 saturated heterocycles. The molecule has 3 N–H and O–H groups in total. The zero-order valence-corrected chi connectivity index (χ0v) is 14.2. The average Bonchev–Trinajstić information content (AvgIpc) is 2.95. The van der Waals surface area contributed by atoms with E-state index in [1.807, 2.05) is 6.92 Å². The maximum Gasteiger partial charge on any atom is 0.267 e. The summed E-state index contributed by atoms with van der Waals surface area (Å²) in [6, 6.07) is 8.01. The molecule has 2 aromatic rings. The molecule has 1 aromatic heterocycles. The van der Waals surface area contributed by atoms with E-state index in [0.717, 1.165) is 9.54 Å². The van der Waals surface area contributed by atoms with Crippen LogP contribution in [-0.2, 0) is 10.0 Å². The Morgan fingerprint density at radius 1 is 1.22 bits per heavy atom. The van der Waals surface area contributed by atoms with Gasteiger partial charge in [-0.2, -0.15) is 0 Å². The van der Waals surface area contributed by atoms with Crippen LogP contribution in [0.3, 0.4) is 0 Å². The van der Waals surface area contributed by atoms with E-state index in [2.05, 4.69) is 5.32 Å². The molecule has 1 aromatic carbocycles. The first-order valence-corrected chi connectivity index (χ1v) is 8.61. The largest absolute Gasteiger partial charge is 0.350 e. The lowest BCUT2D eigenvalue weighted by Gasteiger charge is -2.18. The van der Waals surface area contributed by atoms with Gasteiger partial charge in [-0.3, -0.25) is 4.79 Å². The SMILES string of the molecule is Cc1ccc(S(=O)(=O)n2ccc(C(=O)NCC(C)(C)N)c2)cc1. The van der Waals surface area contributed by atoms with Crippen LogP contribution in [0.4, 0.5) is 0 Å². The van der Waals surface area contributed by atoms with Gasteiger partial charge < -0.3 is 11.1 Å². The summed E-state index contributed by atoms with van der Waals surface area (Å²) in [5, 5.41) is 2.68. The summed E-state index contributed by atoms with van der Waals surface area (Å²) in [6.45, 7) is 5.76. The van der Waals surface area contributed by atoms with Crippen molar-refractivity contribution in [3.63, 3.8) is 0 Å². The molecular weight excluding hydrogens is 314 g/mol. The Hall–Kier alpha value is -2.12. The summed E-state index contributed by atoms with van der Waals surface area (Å²) in [5.74, 6) is -0.360. The Morgan fingerprint density at radius 2 is 1.83 bits per heavy atom. The third-order valence-electron chi connectivity index (χ3n) is 3.23. The molecule has 6 nitrogen and oxygen atoms in total. The number of carbonyl (C=O) groups excluding carboxylic acids is 1. The van der Waals surface area contributed by atoms with Gasteiger partial charge in [0.25, 0.3) is 15.9 Å². The fourth-order valence-electron chi connectivity index (χ4n) is 1.90. The smallest absolute Gasteiger partial charge is 0.267 e. The molecule has 124 valence electrons. The maximum atomic E-state index is 12.5. The minimum absolute atomic E-state index is 0.175. The van der Waals surface area contributed by atoms with E-state index in [-0.39, 0.29) is 16.4 Å². The van der Waals surface area contributed by atoms with Gasteiger partial charge in [-0.05, 0) is 39.0 Å². The zero-order chi connectivity index (χ0) is 17.3. The molecule has 0 radical (unpaired) electrons. The van der Waals surface area contributed by atoms with Gasteiger partial charge >= 0.3 is 0 Å². The summed E-state index contributed by atoms with van der Waals surface area (Å²) in [7, 11) is -3.70. The van der Waals surface area contributed by atoms with Crippen LogP contribution in [0, 0.1) is 6.92 Å². The lowest BCUT2D eigenvalue weighted by molar-refractivity contribution is 0.0946. The number of nitrogens with one attached hydrogen (secondary N) is 1. The zero-order valence-electron chi connectivity index (χ0n) is 13.4. The van der Waals surface area contributed by atoms with Gasteiger partial charge in [-0.15, -0.1) is 0 Å². The topological polar surface area (TPSA) is 94.2 Å². The first-order chi connectivity index (χ1) is 10.6. The molecule has 0 aliphatic heterocycles. The Bertz CT molecular complexity index is 800. The fourth-order valence-corrected chi connectivity index (χ4v) is 3.10. The normalized spacial score (nSPS) is 12.2. The fraction of sp³-hybridized carbons (Fsp3) is 0.312. The number of aryl methyl sites for hydroxylation is 1. The van der Waals surface area contributed by atoms with Crippen LogP contribution in [0.25, 0.3) is 0 Å². The number of carbonyl (C=O) groups is 1. The predicted molar refractivity (Wildman–Crippen MR) is 88.8 cm³/mol. The molecule has 0 bridgehead atoms. The molecule has 1 amide bonds. The lowest BCUT2D eigenvalue weighted by Crippen LogP contribution is -2.45. The summed E-state index contributed by atoms with van der Waals surface area (Å²) in [5.41, 5.74) is 6.51. The number of rotatable bonds is 5. The van der Waals surface area contributed by atoms with E-state index in [0.29, 0.717) is 6.54 Å². The number of aromatic nitrogens is 1. The lowest BCUT2D eigenvalue weighted by atomic mass is 10.1. The Morgan fingerprint density at radius 3 is 2.39 bits per heavy atom. The molecule has 0 aliphatic carbocycles. The molecular formula is C16H21N3O3S. The van der Waals surface area contributed by atoms with Gasteiger partial charge in [0.1, 0.15) is 0 Å². The highest BCUT2D eigenvalue weighted by Gasteiger charge is 2.19. The Balaban J connectivity index is 2.21. The molecule has 0 saturated carbocycles. The van der Waals surface area contributed by atoms with Crippen LogP contribution in [0.5, 0.6) is 0 Å². The summed E-state index contributed by atoms with van der Waals surface area (Å²) >= 11 is 0. The monoisotopic (exact) mass is 335 g/mol. The van der Waals surface area contributed by atoms with Gasteiger partial charge in [-0.25, -0.2) is 12.4 Å². The van der Waals surface area contributed by atoms with Crippen LogP contribution in [0.2, 0.25) is 0 Å². The van der Waals surface area contributed by atoms with E-state index < -0.39 is 15.6 Å². The maximum absolute atomic E-state index is 12.5. The predicted octanol–water partition coefficient (Wildman–Crippen LogP) is 1.50. The van der Waals surface area contributed by atoms with Crippen LogP contribution in [0.1, 0.15) is 29.8 Å². The molecule has 0 spiro atoms. The summed E-state index contributed by atoms with van der Waals surface area (Å²) in [4.78, 5) is 12.2. The molecule has 0 aliphatic rings. The van der Waals surface area contributed by atoms with E-state index in [4.69, 9.17) is 5.73 Å². The van der Waals surface area contributed by atoms with Crippen molar-refractivity contribution in [1.29, 1.82) is 0 Å². The highest BCUT2D eigenvalue weighted by molar-refractivity contribution is 7.90. The van der Waals surface area contributed by atoms with Crippen molar-refractivity contribution in [1.82, 2.24) is 9.29 Å². The molecule has 0 fully saturated rings. The minimum atomic E-state index is -3.70. The van der Waals surface area contributed by atoms with Gasteiger partial charge in [0.05, 0.1) is 10.5 Å². The molecule has 0 atom stereocenters.